The van der Waals surface area contributed by atoms with Gasteiger partial charge >= 0.3 is 0 Å². The largest absolute Gasteiger partial charge is 0.382 e. The zero-order valence-corrected chi connectivity index (χ0v) is 16.1. The molecule has 0 aromatic heterocycles. The number of fused-ring (bicyclic) bond motifs is 1. The van der Waals surface area contributed by atoms with Crippen LogP contribution in [0.25, 0.3) is 6.08 Å². The molecule has 1 saturated carbocycles. The monoisotopic (exact) mass is 370 g/mol. The zero-order valence-electron chi connectivity index (χ0n) is 15.2. The van der Waals surface area contributed by atoms with E-state index >= 15 is 0 Å². The number of rotatable bonds is 6. The third-order valence-electron chi connectivity index (χ3n) is 4.74. The van der Waals surface area contributed by atoms with E-state index in [0.29, 0.717) is 12.0 Å². The Morgan fingerprint density at radius 3 is 2.62 bits per heavy atom. The van der Waals surface area contributed by atoms with Crippen molar-refractivity contribution in [2.24, 2.45) is 0 Å². The maximum atomic E-state index is 12.6. The van der Waals surface area contributed by atoms with Crippen LogP contribution in [-0.4, -0.2) is 38.4 Å². The van der Waals surface area contributed by atoms with Crippen LogP contribution in [-0.2, 0) is 26.8 Å². The summed E-state index contributed by atoms with van der Waals surface area (Å²) < 4.78 is 24.6. The van der Waals surface area contributed by atoms with Crippen LogP contribution in [0.1, 0.15) is 35.1 Å². The lowest BCUT2D eigenvalue weighted by molar-refractivity contribution is -0.111. The summed E-state index contributed by atoms with van der Waals surface area (Å²) in [6.07, 6.45) is 5.29. The van der Waals surface area contributed by atoms with Gasteiger partial charge in [-0.2, -0.15) is 5.26 Å². The van der Waals surface area contributed by atoms with E-state index < -0.39 is 9.84 Å². The summed E-state index contributed by atoms with van der Waals surface area (Å²) >= 11 is 0. The number of ketones is 1. The topological polar surface area (TPSA) is 78.2 Å². The van der Waals surface area contributed by atoms with Crippen LogP contribution in [0.4, 0.5) is 0 Å². The number of nitrogens with zero attached hydrogens (tertiary/aromatic N) is 2. The number of carbonyl (C=O) groups is 1. The summed E-state index contributed by atoms with van der Waals surface area (Å²) in [5.41, 5.74) is 4.27. The van der Waals surface area contributed by atoms with E-state index in [9.17, 15) is 18.5 Å². The molecule has 3 rings (SSSR count). The Kier molecular flexibility index (Phi) is 4.76. The summed E-state index contributed by atoms with van der Waals surface area (Å²) in [5, 5.41) is 9.06. The van der Waals surface area contributed by atoms with Crippen molar-refractivity contribution in [1.29, 1.82) is 5.26 Å². The molecule has 136 valence electrons. The van der Waals surface area contributed by atoms with Crippen molar-refractivity contribution in [3.63, 3.8) is 0 Å². The first kappa shape index (κ1) is 18.4. The summed E-state index contributed by atoms with van der Waals surface area (Å²) in [6, 6.07) is 5.81. The molecule has 0 unspecified atom stereocenters. The minimum absolute atomic E-state index is 0.0596. The van der Waals surface area contributed by atoms with Crippen molar-refractivity contribution in [1.82, 2.24) is 4.90 Å². The molecule has 1 fully saturated rings. The van der Waals surface area contributed by atoms with Gasteiger partial charge in [0.25, 0.3) is 0 Å². The number of carbonyl (C=O) groups excluding carboxylic acids is 1. The van der Waals surface area contributed by atoms with E-state index in [2.05, 4.69) is 0 Å². The molecule has 2 aliphatic rings. The molecule has 0 saturated heterocycles. The SMILES string of the molecule is Cc1cc2c(cc1CS(=O)(=O)C1CC1)CC(C(=O)/C(C#N)=C/N(C)C)=C2. The number of Topliss-reactive ketones (excluding diaryl/α,β-unsaturated/α-hetero) is 1. The molecule has 0 spiro atoms. The van der Waals surface area contributed by atoms with Crippen LogP contribution in [0.5, 0.6) is 0 Å². The normalized spacial score (nSPS) is 16.7. The van der Waals surface area contributed by atoms with Crippen LogP contribution >= 0.6 is 0 Å². The Hall–Kier alpha value is -2.39. The average molecular weight is 370 g/mol. The summed E-state index contributed by atoms with van der Waals surface area (Å²) in [5.74, 6) is -0.216. The molecule has 0 amide bonds. The Bertz CT molecular complexity index is 975. The van der Waals surface area contributed by atoms with E-state index in [1.54, 1.807) is 19.0 Å². The molecule has 26 heavy (non-hydrogen) atoms. The van der Waals surface area contributed by atoms with Crippen LogP contribution in [0.15, 0.2) is 29.5 Å². The van der Waals surface area contributed by atoms with Crippen molar-refractivity contribution in [3.8, 4) is 6.07 Å². The molecule has 0 N–H and O–H groups in total. The predicted octanol–water partition coefficient (Wildman–Crippen LogP) is 2.55. The second-order valence-corrected chi connectivity index (χ2v) is 9.56. The van der Waals surface area contributed by atoms with E-state index in [0.717, 1.165) is 35.1 Å². The number of allylic oxidation sites excluding steroid dienone is 2. The van der Waals surface area contributed by atoms with Gasteiger partial charge in [0.1, 0.15) is 11.6 Å². The first-order valence-corrected chi connectivity index (χ1v) is 10.3. The van der Waals surface area contributed by atoms with Crippen molar-refractivity contribution >= 4 is 21.7 Å². The molecule has 0 atom stereocenters. The summed E-state index contributed by atoms with van der Waals surface area (Å²) in [6.45, 7) is 1.90. The fraction of sp³-hybridized carbons (Fsp3) is 0.400. The van der Waals surface area contributed by atoms with Gasteiger partial charge in [-0.1, -0.05) is 12.1 Å². The van der Waals surface area contributed by atoms with Gasteiger partial charge in [0.15, 0.2) is 9.84 Å². The van der Waals surface area contributed by atoms with Crippen LogP contribution in [0.2, 0.25) is 0 Å². The number of hydrogen-bond acceptors (Lipinski definition) is 5. The van der Waals surface area contributed by atoms with Gasteiger partial charge in [-0.3, -0.25) is 4.79 Å². The molecule has 1 aromatic carbocycles. The van der Waals surface area contributed by atoms with Crippen molar-refractivity contribution in [3.05, 3.63) is 51.7 Å². The standard InChI is InChI=1S/C20H22N2O3S/c1-13-6-14-7-16(20(23)18(10-21)11-22(2)3)8-15(14)9-17(13)12-26(24,25)19-4-5-19/h6-7,9,11,19H,4-5,8,12H2,1-3H3/b18-11+. The third kappa shape index (κ3) is 3.73. The Balaban J connectivity index is 1.85. The highest BCUT2D eigenvalue weighted by molar-refractivity contribution is 7.91. The molecule has 5 nitrogen and oxygen atoms in total. The molecule has 0 heterocycles. The lowest BCUT2D eigenvalue weighted by Crippen LogP contribution is -2.11. The molecular weight excluding hydrogens is 348 g/mol. The minimum atomic E-state index is -3.08. The second-order valence-electron chi connectivity index (χ2n) is 7.28. The van der Waals surface area contributed by atoms with Gasteiger partial charge in [0, 0.05) is 32.3 Å². The van der Waals surface area contributed by atoms with Crippen LogP contribution < -0.4 is 0 Å². The Morgan fingerprint density at radius 1 is 1.35 bits per heavy atom. The number of aryl methyl sites for hydroxylation is 1. The first-order chi connectivity index (χ1) is 12.2. The fourth-order valence-electron chi connectivity index (χ4n) is 3.19. The zero-order chi connectivity index (χ0) is 19.1. The highest BCUT2D eigenvalue weighted by Gasteiger charge is 2.36. The number of nitriles is 1. The molecule has 6 heteroatoms. The maximum absolute atomic E-state index is 12.6. The average Bonchev–Trinajstić information content (AvgIpc) is 3.34. The van der Waals surface area contributed by atoms with E-state index in [-0.39, 0.29) is 22.4 Å². The van der Waals surface area contributed by atoms with Gasteiger partial charge in [-0.05, 0) is 48.1 Å². The lowest BCUT2D eigenvalue weighted by atomic mass is 10.0. The van der Waals surface area contributed by atoms with Gasteiger partial charge < -0.3 is 4.90 Å². The van der Waals surface area contributed by atoms with E-state index in [1.807, 2.05) is 31.2 Å². The van der Waals surface area contributed by atoms with Crippen molar-refractivity contribution in [2.75, 3.05) is 14.1 Å². The predicted molar refractivity (Wildman–Crippen MR) is 101 cm³/mol. The van der Waals surface area contributed by atoms with Gasteiger partial charge in [-0.15, -0.1) is 0 Å². The number of sulfone groups is 1. The first-order valence-electron chi connectivity index (χ1n) is 8.59. The molecular formula is C20H22N2O3S. The minimum Gasteiger partial charge on any atom is -0.382 e. The van der Waals surface area contributed by atoms with E-state index in [1.165, 1.54) is 6.20 Å². The number of benzene rings is 1. The highest BCUT2D eigenvalue weighted by atomic mass is 32.2. The fourth-order valence-corrected chi connectivity index (χ4v) is 5.02. The molecule has 0 bridgehead atoms. The Morgan fingerprint density at radius 2 is 2.04 bits per heavy atom. The summed E-state index contributed by atoms with van der Waals surface area (Å²) in [4.78, 5) is 14.3. The van der Waals surface area contributed by atoms with Gasteiger partial charge in [-0.25, -0.2) is 8.42 Å². The molecule has 0 radical (unpaired) electrons. The summed E-state index contributed by atoms with van der Waals surface area (Å²) in [7, 11) is 0.442. The van der Waals surface area contributed by atoms with Crippen molar-refractivity contribution in [2.45, 2.75) is 37.2 Å². The van der Waals surface area contributed by atoms with Gasteiger partial charge in [0.05, 0.1) is 11.0 Å². The quantitative estimate of drug-likeness (QED) is 0.568. The highest BCUT2D eigenvalue weighted by Crippen LogP contribution is 2.34. The third-order valence-corrected chi connectivity index (χ3v) is 6.94. The maximum Gasteiger partial charge on any atom is 0.201 e. The van der Waals surface area contributed by atoms with Crippen LogP contribution in [0.3, 0.4) is 0 Å². The Labute approximate surface area is 154 Å². The van der Waals surface area contributed by atoms with E-state index in [4.69, 9.17) is 0 Å². The van der Waals surface area contributed by atoms with Crippen LogP contribution in [0, 0.1) is 18.3 Å². The lowest BCUT2D eigenvalue weighted by Gasteiger charge is -2.10. The smallest absolute Gasteiger partial charge is 0.201 e. The second kappa shape index (κ2) is 6.73. The van der Waals surface area contributed by atoms with Crippen molar-refractivity contribution < 1.29 is 13.2 Å². The molecule has 1 aromatic rings. The number of hydrogen-bond donors (Lipinski definition) is 0. The molecule has 2 aliphatic carbocycles. The van der Waals surface area contributed by atoms with Gasteiger partial charge in [0.2, 0.25) is 5.78 Å². The molecule has 0 aliphatic heterocycles.